The normalized spacial score (nSPS) is 27.6. The van der Waals surface area contributed by atoms with Gasteiger partial charge in [0.25, 0.3) is 0 Å². The maximum absolute atomic E-state index is 4.56. The van der Waals surface area contributed by atoms with Crippen molar-refractivity contribution in [1.82, 2.24) is 14.6 Å². The highest BCUT2D eigenvalue weighted by Crippen LogP contribution is 2.29. The lowest BCUT2D eigenvalue weighted by molar-refractivity contribution is 0.280. The Morgan fingerprint density at radius 3 is 2.68 bits per heavy atom. The van der Waals surface area contributed by atoms with Crippen molar-refractivity contribution >= 4 is 11.6 Å². The molecule has 4 nitrogen and oxygen atoms in total. The first-order chi connectivity index (χ1) is 9.10. The first kappa shape index (κ1) is 12.5. The van der Waals surface area contributed by atoms with Gasteiger partial charge in [-0.3, -0.25) is 0 Å². The van der Waals surface area contributed by atoms with Crippen LogP contribution in [-0.2, 0) is 0 Å². The molecule has 0 spiro atoms. The van der Waals surface area contributed by atoms with Gasteiger partial charge in [-0.2, -0.15) is 4.98 Å². The molecular formula is C15H22N4. The molecule has 0 amide bonds. The minimum Gasteiger partial charge on any atom is -0.350 e. The van der Waals surface area contributed by atoms with Crippen molar-refractivity contribution in [2.24, 2.45) is 11.8 Å². The molecule has 1 fully saturated rings. The first-order valence-corrected chi connectivity index (χ1v) is 7.19. The number of aromatic nitrogens is 3. The quantitative estimate of drug-likeness (QED) is 0.899. The molecule has 2 aromatic heterocycles. The number of rotatable bonds is 2. The Bertz CT molecular complexity index is 565. The lowest BCUT2D eigenvalue weighted by atomic mass is 9.80. The molecule has 19 heavy (non-hydrogen) atoms. The predicted octanol–water partition coefficient (Wildman–Crippen LogP) is 3.27. The minimum atomic E-state index is 0.511. The van der Waals surface area contributed by atoms with E-state index in [0.29, 0.717) is 6.04 Å². The van der Waals surface area contributed by atoms with E-state index in [0.717, 1.165) is 23.4 Å². The van der Waals surface area contributed by atoms with Crippen molar-refractivity contribution in [3.63, 3.8) is 0 Å². The summed E-state index contributed by atoms with van der Waals surface area (Å²) in [5.41, 5.74) is 2.13. The summed E-state index contributed by atoms with van der Waals surface area (Å²) in [6.45, 7) is 6.75. The molecule has 2 atom stereocenters. The molecule has 2 heterocycles. The zero-order valence-electron chi connectivity index (χ0n) is 11.9. The highest BCUT2D eigenvalue weighted by Gasteiger charge is 2.24. The number of hydrogen-bond donors (Lipinski definition) is 1. The van der Waals surface area contributed by atoms with Crippen molar-refractivity contribution in [3.05, 3.63) is 23.9 Å². The van der Waals surface area contributed by atoms with Gasteiger partial charge >= 0.3 is 0 Å². The summed E-state index contributed by atoms with van der Waals surface area (Å²) in [6.07, 6.45) is 5.75. The third kappa shape index (κ3) is 2.72. The van der Waals surface area contributed by atoms with Crippen LogP contribution < -0.4 is 5.32 Å². The zero-order valence-corrected chi connectivity index (χ0v) is 11.9. The van der Waals surface area contributed by atoms with Gasteiger partial charge in [-0.25, -0.2) is 4.52 Å². The number of pyridine rings is 1. The molecule has 102 valence electrons. The van der Waals surface area contributed by atoms with Gasteiger partial charge in [-0.15, -0.1) is 5.10 Å². The fourth-order valence-electron chi connectivity index (χ4n) is 3.29. The Kier molecular flexibility index (Phi) is 3.17. The van der Waals surface area contributed by atoms with E-state index < -0.39 is 0 Å². The smallest absolute Gasteiger partial charge is 0.243 e. The first-order valence-electron chi connectivity index (χ1n) is 7.19. The molecule has 1 aliphatic rings. The Morgan fingerprint density at radius 1 is 1.21 bits per heavy atom. The highest BCUT2D eigenvalue weighted by molar-refractivity contribution is 5.45. The molecular weight excluding hydrogens is 236 g/mol. The SMILES string of the molecule is Cc1ccn2nc(NC3CC(C)CC(C)C3)nc2c1. The number of nitrogens with one attached hydrogen (secondary N) is 1. The van der Waals surface area contributed by atoms with Crippen LogP contribution in [0.2, 0.25) is 0 Å². The Morgan fingerprint density at radius 2 is 1.95 bits per heavy atom. The molecule has 0 saturated heterocycles. The van der Waals surface area contributed by atoms with E-state index in [9.17, 15) is 0 Å². The second-order valence-electron chi connectivity index (χ2n) is 6.20. The van der Waals surface area contributed by atoms with Gasteiger partial charge < -0.3 is 5.32 Å². The molecule has 1 saturated carbocycles. The topological polar surface area (TPSA) is 42.2 Å². The molecule has 1 aliphatic carbocycles. The van der Waals surface area contributed by atoms with Crippen LogP contribution in [0, 0.1) is 18.8 Å². The fourth-order valence-corrected chi connectivity index (χ4v) is 3.29. The van der Waals surface area contributed by atoms with Crippen molar-refractivity contribution in [1.29, 1.82) is 0 Å². The summed E-state index contributed by atoms with van der Waals surface area (Å²) in [5, 5.41) is 8.00. The van der Waals surface area contributed by atoms with Gasteiger partial charge in [0.1, 0.15) is 0 Å². The number of anilines is 1. The number of hydrogen-bond acceptors (Lipinski definition) is 3. The molecule has 0 bridgehead atoms. The van der Waals surface area contributed by atoms with Crippen molar-refractivity contribution in [3.8, 4) is 0 Å². The Balaban J connectivity index is 1.77. The van der Waals surface area contributed by atoms with E-state index >= 15 is 0 Å². The summed E-state index contributed by atoms with van der Waals surface area (Å²) in [7, 11) is 0. The monoisotopic (exact) mass is 258 g/mol. The average Bonchev–Trinajstić information content (AvgIpc) is 2.68. The third-order valence-electron chi connectivity index (χ3n) is 4.00. The van der Waals surface area contributed by atoms with Crippen molar-refractivity contribution in [2.75, 3.05) is 5.32 Å². The van der Waals surface area contributed by atoms with E-state index in [1.807, 2.05) is 10.7 Å². The van der Waals surface area contributed by atoms with Crippen LogP contribution in [-0.4, -0.2) is 20.6 Å². The summed E-state index contributed by atoms with van der Waals surface area (Å²) in [5.74, 6) is 2.35. The van der Waals surface area contributed by atoms with Gasteiger partial charge in [0, 0.05) is 12.2 Å². The number of nitrogens with zero attached hydrogens (tertiary/aromatic N) is 3. The van der Waals surface area contributed by atoms with Crippen LogP contribution in [0.25, 0.3) is 5.65 Å². The van der Waals surface area contributed by atoms with Gasteiger partial charge in [-0.1, -0.05) is 13.8 Å². The fraction of sp³-hybridized carbons (Fsp3) is 0.600. The van der Waals surface area contributed by atoms with Crippen LogP contribution in [0.4, 0.5) is 5.95 Å². The van der Waals surface area contributed by atoms with Crippen molar-refractivity contribution in [2.45, 2.75) is 46.1 Å². The highest BCUT2D eigenvalue weighted by atomic mass is 15.3. The van der Waals surface area contributed by atoms with Gasteiger partial charge in [-0.05, 0) is 55.7 Å². The molecule has 0 aliphatic heterocycles. The molecule has 0 aromatic carbocycles. The maximum atomic E-state index is 4.56. The zero-order chi connectivity index (χ0) is 13.4. The van der Waals surface area contributed by atoms with Gasteiger partial charge in [0.15, 0.2) is 5.65 Å². The van der Waals surface area contributed by atoms with Gasteiger partial charge in [0.2, 0.25) is 5.95 Å². The molecule has 4 heteroatoms. The second-order valence-corrected chi connectivity index (χ2v) is 6.20. The second kappa shape index (κ2) is 4.83. The lowest BCUT2D eigenvalue weighted by Crippen LogP contribution is -2.30. The summed E-state index contributed by atoms with van der Waals surface area (Å²) in [6, 6.07) is 4.62. The number of aryl methyl sites for hydroxylation is 1. The Labute approximate surface area is 114 Å². The molecule has 2 aromatic rings. The third-order valence-corrected chi connectivity index (χ3v) is 4.00. The molecule has 2 unspecified atom stereocenters. The van der Waals surface area contributed by atoms with E-state index in [-0.39, 0.29) is 0 Å². The van der Waals surface area contributed by atoms with Crippen molar-refractivity contribution < 1.29 is 0 Å². The molecule has 3 rings (SSSR count). The maximum Gasteiger partial charge on any atom is 0.243 e. The molecule has 1 N–H and O–H groups in total. The van der Waals surface area contributed by atoms with E-state index in [2.05, 4.69) is 48.3 Å². The standard InChI is InChI=1S/C15H22N4/c1-10-4-5-19-14(9-10)17-15(18-19)16-13-7-11(2)6-12(3)8-13/h4-5,9,11-13H,6-8H2,1-3H3,(H,16,18). The lowest BCUT2D eigenvalue weighted by Gasteiger charge is -2.31. The summed E-state index contributed by atoms with van der Waals surface area (Å²) in [4.78, 5) is 4.56. The van der Waals surface area contributed by atoms with E-state index in [4.69, 9.17) is 0 Å². The van der Waals surface area contributed by atoms with Gasteiger partial charge in [0.05, 0.1) is 0 Å². The number of fused-ring (bicyclic) bond motifs is 1. The average molecular weight is 258 g/mol. The van der Waals surface area contributed by atoms with E-state index in [1.54, 1.807) is 0 Å². The van der Waals surface area contributed by atoms with Crippen LogP contribution in [0.15, 0.2) is 18.3 Å². The minimum absolute atomic E-state index is 0.511. The summed E-state index contributed by atoms with van der Waals surface area (Å²) >= 11 is 0. The van der Waals surface area contributed by atoms with Crippen LogP contribution in [0.1, 0.15) is 38.7 Å². The largest absolute Gasteiger partial charge is 0.350 e. The van der Waals surface area contributed by atoms with E-state index in [1.165, 1.54) is 24.8 Å². The molecule has 0 radical (unpaired) electrons. The predicted molar refractivity (Wildman–Crippen MR) is 77.3 cm³/mol. The van der Waals surface area contributed by atoms with Crippen LogP contribution >= 0.6 is 0 Å². The Hall–Kier alpha value is -1.58. The summed E-state index contributed by atoms with van der Waals surface area (Å²) < 4.78 is 1.84. The van der Waals surface area contributed by atoms with Crippen LogP contribution in [0.3, 0.4) is 0 Å². The van der Waals surface area contributed by atoms with Crippen LogP contribution in [0.5, 0.6) is 0 Å².